The van der Waals surface area contributed by atoms with Gasteiger partial charge in [0.25, 0.3) is 0 Å². The van der Waals surface area contributed by atoms with E-state index in [0.717, 1.165) is 30.0 Å². The molecule has 0 bridgehead atoms. The Bertz CT molecular complexity index is 782. The van der Waals surface area contributed by atoms with Crippen LogP contribution in [0.1, 0.15) is 29.8 Å². The smallest absolute Gasteiger partial charge is 0.193 e. The molecular weight excluding hydrogens is 318 g/mol. The summed E-state index contributed by atoms with van der Waals surface area (Å²) in [5.41, 5.74) is 10.5. The molecule has 7 nitrogen and oxygen atoms in total. The van der Waals surface area contributed by atoms with Gasteiger partial charge in [-0.15, -0.1) is 0 Å². The number of nitrogens with zero attached hydrogens (tertiary/aromatic N) is 3. The Kier molecular flexibility index (Phi) is 5.11. The predicted molar refractivity (Wildman–Crippen MR) is 98.3 cm³/mol. The second-order valence-electron chi connectivity index (χ2n) is 6.10. The van der Waals surface area contributed by atoms with Crippen LogP contribution >= 0.6 is 0 Å². The lowest BCUT2D eigenvalue weighted by molar-refractivity contribution is 0.405. The average molecular weight is 343 g/mol. The van der Waals surface area contributed by atoms with Gasteiger partial charge in [0.15, 0.2) is 5.96 Å². The summed E-state index contributed by atoms with van der Waals surface area (Å²) in [4.78, 5) is 4.49. The molecule has 0 unspecified atom stereocenters. The van der Waals surface area contributed by atoms with Crippen molar-refractivity contribution < 1.29 is 9.47 Å². The van der Waals surface area contributed by atoms with Crippen LogP contribution in [0.4, 0.5) is 5.69 Å². The van der Waals surface area contributed by atoms with Crippen molar-refractivity contribution in [3.8, 4) is 11.5 Å². The van der Waals surface area contributed by atoms with E-state index in [9.17, 15) is 0 Å². The first-order valence-corrected chi connectivity index (χ1v) is 8.45. The van der Waals surface area contributed by atoms with Crippen molar-refractivity contribution in [2.45, 2.75) is 32.2 Å². The van der Waals surface area contributed by atoms with E-state index in [0.29, 0.717) is 18.3 Å². The fourth-order valence-corrected chi connectivity index (χ4v) is 3.19. The zero-order valence-electron chi connectivity index (χ0n) is 15.0. The van der Waals surface area contributed by atoms with Crippen LogP contribution in [0.5, 0.6) is 11.5 Å². The third-order valence-corrected chi connectivity index (χ3v) is 4.52. The van der Waals surface area contributed by atoms with Gasteiger partial charge in [0.1, 0.15) is 11.5 Å². The van der Waals surface area contributed by atoms with Crippen LogP contribution in [-0.4, -0.2) is 30.0 Å². The number of methoxy groups -OCH3 is 2. The van der Waals surface area contributed by atoms with Gasteiger partial charge in [-0.1, -0.05) is 0 Å². The zero-order valence-corrected chi connectivity index (χ0v) is 15.0. The molecule has 1 aliphatic carbocycles. The van der Waals surface area contributed by atoms with E-state index in [4.69, 9.17) is 15.2 Å². The van der Waals surface area contributed by atoms with Crippen molar-refractivity contribution in [2.75, 3.05) is 19.5 Å². The molecule has 25 heavy (non-hydrogen) atoms. The SMILES string of the molecule is COc1ccc(OC)c(NC(N)=NCc2c3c(nn2C)CCCC3)c1. The summed E-state index contributed by atoms with van der Waals surface area (Å²) < 4.78 is 12.5. The maximum Gasteiger partial charge on any atom is 0.193 e. The van der Waals surface area contributed by atoms with Crippen molar-refractivity contribution in [1.29, 1.82) is 0 Å². The van der Waals surface area contributed by atoms with E-state index in [1.165, 1.54) is 24.1 Å². The average Bonchev–Trinajstić information content (AvgIpc) is 2.95. The molecule has 134 valence electrons. The number of aromatic nitrogens is 2. The van der Waals surface area contributed by atoms with E-state index in [1.54, 1.807) is 14.2 Å². The molecular formula is C18H25N5O2. The molecule has 0 amide bonds. The third-order valence-electron chi connectivity index (χ3n) is 4.52. The molecule has 0 spiro atoms. The largest absolute Gasteiger partial charge is 0.497 e. The van der Waals surface area contributed by atoms with Crippen molar-refractivity contribution in [2.24, 2.45) is 17.8 Å². The molecule has 0 aliphatic heterocycles. The first-order chi connectivity index (χ1) is 12.1. The van der Waals surface area contributed by atoms with E-state index < -0.39 is 0 Å². The van der Waals surface area contributed by atoms with Crippen LogP contribution in [0, 0.1) is 0 Å². The molecule has 1 heterocycles. The van der Waals surface area contributed by atoms with Crippen molar-refractivity contribution in [3.05, 3.63) is 35.2 Å². The van der Waals surface area contributed by atoms with Crippen LogP contribution in [0.15, 0.2) is 23.2 Å². The Labute approximate surface area is 147 Å². The summed E-state index contributed by atoms with van der Waals surface area (Å²) >= 11 is 0. The van der Waals surface area contributed by atoms with Crippen LogP contribution in [-0.2, 0) is 26.4 Å². The monoisotopic (exact) mass is 343 g/mol. The number of fused-ring (bicyclic) bond motifs is 1. The number of hydrogen-bond acceptors (Lipinski definition) is 4. The van der Waals surface area contributed by atoms with Gasteiger partial charge in [-0.3, -0.25) is 4.68 Å². The number of benzene rings is 1. The second-order valence-corrected chi connectivity index (χ2v) is 6.10. The maximum atomic E-state index is 6.08. The topological polar surface area (TPSA) is 86.7 Å². The van der Waals surface area contributed by atoms with Gasteiger partial charge in [-0.05, 0) is 43.4 Å². The summed E-state index contributed by atoms with van der Waals surface area (Å²) in [7, 11) is 5.20. The standard InChI is InChI=1S/C18H25N5O2/c1-23-16(13-6-4-5-7-14(13)22-23)11-20-18(19)21-15-10-12(24-2)8-9-17(15)25-3/h8-10H,4-7,11H2,1-3H3,(H3,19,20,21). The lowest BCUT2D eigenvalue weighted by atomic mass is 9.96. The van der Waals surface area contributed by atoms with Gasteiger partial charge in [-0.25, -0.2) is 4.99 Å². The molecule has 1 aromatic carbocycles. The number of ether oxygens (including phenoxy) is 2. The Balaban J connectivity index is 1.76. The molecule has 0 radical (unpaired) electrons. The third kappa shape index (κ3) is 3.70. The van der Waals surface area contributed by atoms with Gasteiger partial charge in [-0.2, -0.15) is 5.10 Å². The number of nitrogens with one attached hydrogen (secondary N) is 1. The molecule has 0 saturated carbocycles. The Morgan fingerprint density at radius 2 is 2.08 bits per heavy atom. The lowest BCUT2D eigenvalue weighted by Crippen LogP contribution is -2.23. The predicted octanol–water partition coefficient (Wildman–Crippen LogP) is 2.24. The number of aryl methyl sites for hydroxylation is 2. The lowest BCUT2D eigenvalue weighted by Gasteiger charge is -2.13. The first-order valence-electron chi connectivity index (χ1n) is 8.45. The highest BCUT2D eigenvalue weighted by atomic mass is 16.5. The van der Waals surface area contributed by atoms with E-state index in [2.05, 4.69) is 15.4 Å². The summed E-state index contributed by atoms with van der Waals surface area (Å²) in [6.45, 7) is 0.504. The molecule has 3 N–H and O–H groups in total. The van der Waals surface area contributed by atoms with Gasteiger partial charge in [0.05, 0.1) is 37.8 Å². The highest BCUT2D eigenvalue weighted by Crippen LogP contribution is 2.29. The summed E-state index contributed by atoms with van der Waals surface area (Å²) in [6, 6.07) is 5.48. The van der Waals surface area contributed by atoms with Crippen LogP contribution in [0.2, 0.25) is 0 Å². The summed E-state index contributed by atoms with van der Waals surface area (Å²) in [5, 5.41) is 7.70. The minimum atomic E-state index is 0.331. The van der Waals surface area contributed by atoms with Gasteiger partial charge in [0, 0.05) is 13.1 Å². The van der Waals surface area contributed by atoms with Gasteiger partial charge < -0.3 is 20.5 Å². The zero-order chi connectivity index (χ0) is 17.8. The van der Waals surface area contributed by atoms with Crippen molar-refractivity contribution >= 4 is 11.6 Å². The molecule has 0 saturated heterocycles. The van der Waals surface area contributed by atoms with E-state index >= 15 is 0 Å². The number of aliphatic imine (C=N–C) groups is 1. The van der Waals surface area contributed by atoms with Gasteiger partial charge in [0.2, 0.25) is 0 Å². The molecule has 3 rings (SSSR count). The summed E-state index contributed by atoms with van der Waals surface area (Å²) in [5.74, 6) is 1.73. The van der Waals surface area contributed by atoms with Crippen LogP contribution < -0.4 is 20.5 Å². The van der Waals surface area contributed by atoms with E-state index in [-0.39, 0.29) is 0 Å². The number of hydrogen-bond donors (Lipinski definition) is 2. The van der Waals surface area contributed by atoms with E-state index in [1.807, 2.05) is 29.9 Å². The van der Waals surface area contributed by atoms with Crippen molar-refractivity contribution in [3.63, 3.8) is 0 Å². The second kappa shape index (κ2) is 7.46. The van der Waals surface area contributed by atoms with Gasteiger partial charge >= 0.3 is 0 Å². The highest BCUT2D eigenvalue weighted by Gasteiger charge is 2.18. The minimum Gasteiger partial charge on any atom is -0.497 e. The number of guanidine groups is 1. The molecule has 2 aromatic rings. The van der Waals surface area contributed by atoms with Crippen molar-refractivity contribution in [1.82, 2.24) is 9.78 Å². The summed E-state index contributed by atoms with van der Waals surface area (Å²) in [6.07, 6.45) is 4.56. The molecule has 7 heteroatoms. The molecule has 1 aromatic heterocycles. The highest BCUT2D eigenvalue weighted by molar-refractivity contribution is 5.94. The normalized spacial score (nSPS) is 14.1. The number of rotatable bonds is 5. The molecule has 1 aliphatic rings. The fourth-order valence-electron chi connectivity index (χ4n) is 3.19. The quantitative estimate of drug-likeness (QED) is 0.642. The van der Waals surface area contributed by atoms with Crippen LogP contribution in [0.25, 0.3) is 0 Å². The molecule has 0 atom stereocenters. The Morgan fingerprint density at radius 3 is 2.84 bits per heavy atom. The Morgan fingerprint density at radius 1 is 1.28 bits per heavy atom. The number of anilines is 1. The maximum absolute atomic E-state index is 6.08. The number of nitrogens with two attached hydrogens (primary N) is 1. The van der Waals surface area contributed by atoms with Crippen LogP contribution in [0.3, 0.4) is 0 Å². The first kappa shape index (κ1) is 17.1. The Hall–Kier alpha value is -2.70. The fraction of sp³-hybridized carbons (Fsp3) is 0.444. The minimum absolute atomic E-state index is 0.331. The molecule has 0 fully saturated rings.